The molecule has 0 fully saturated rings. The van der Waals surface area contributed by atoms with Gasteiger partial charge in [0.25, 0.3) is 0 Å². The summed E-state index contributed by atoms with van der Waals surface area (Å²) < 4.78 is 0. The van der Waals surface area contributed by atoms with Gasteiger partial charge >= 0.3 is 10.8 Å². The van der Waals surface area contributed by atoms with Crippen LogP contribution in [0.25, 0.3) is 10.1 Å². The molecule has 0 saturated heterocycles. The average molecular weight is 214 g/mol. The number of halogens is 1. The second-order valence-electron chi connectivity index (χ2n) is 2.66. The summed E-state index contributed by atoms with van der Waals surface area (Å²) >= 11 is 0. The lowest BCUT2D eigenvalue weighted by atomic mass is 10.3. The molecule has 0 heterocycles. The van der Waals surface area contributed by atoms with Gasteiger partial charge in [0.2, 0.25) is 0 Å². The monoisotopic (exact) mass is 213 g/mol. The van der Waals surface area contributed by atoms with E-state index in [0.717, 1.165) is 18.8 Å². The highest BCUT2D eigenvalue weighted by Crippen LogP contribution is 2.10. The van der Waals surface area contributed by atoms with Crippen LogP contribution in [0.5, 0.6) is 0 Å². The van der Waals surface area contributed by atoms with Crippen molar-refractivity contribution in [3.05, 3.63) is 40.4 Å². The van der Waals surface area contributed by atoms with E-state index < -0.39 is 0 Å². The minimum absolute atomic E-state index is 0. The fourth-order valence-corrected chi connectivity index (χ4v) is 0.960. The van der Waals surface area contributed by atoms with E-state index in [2.05, 4.69) is 23.9 Å². The summed E-state index contributed by atoms with van der Waals surface area (Å²) in [6.45, 7) is 5.92. The third-order valence-electron chi connectivity index (χ3n) is 1.77. The van der Waals surface area contributed by atoms with Gasteiger partial charge in [0.15, 0.2) is 18.1 Å². The van der Waals surface area contributed by atoms with E-state index in [9.17, 15) is 0 Å². The molecule has 3 nitrogen and oxygen atoms in total. The van der Waals surface area contributed by atoms with Crippen molar-refractivity contribution in [3.8, 4) is 0 Å². The van der Waals surface area contributed by atoms with E-state index in [1.165, 1.54) is 0 Å². The van der Waals surface area contributed by atoms with Gasteiger partial charge in [0, 0.05) is 12.1 Å². The van der Waals surface area contributed by atoms with Crippen LogP contribution in [0.3, 0.4) is 0 Å². The molecule has 0 amide bonds. The number of diazo groups is 1. The van der Waals surface area contributed by atoms with Crippen LogP contribution in [0.15, 0.2) is 30.3 Å². The van der Waals surface area contributed by atoms with Gasteiger partial charge in [-0.1, -0.05) is 18.2 Å². The number of rotatable bonds is 2. The van der Waals surface area contributed by atoms with Crippen molar-refractivity contribution in [2.45, 2.75) is 13.8 Å². The first kappa shape index (κ1) is 12.7. The van der Waals surface area contributed by atoms with Gasteiger partial charge < -0.3 is 0 Å². The van der Waals surface area contributed by atoms with E-state index in [0.29, 0.717) is 0 Å². The van der Waals surface area contributed by atoms with E-state index in [4.69, 9.17) is 0 Å². The maximum Gasteiger partial charge on any atom is 0.466 e. The molecule has 0 aliphatic carbocycles. The average Bonchev–Trinajstić information content (AvgIpc) is 2.21. The summed E-state index contributed by atoms with van der Waals surface area (Å²) in [6.07, 6.45) is 0. The SMILES string of the molecule is CCN(CC)[N+]#[N+]c1ccccc1.Cl. The topological polar surface area (TPSA) is 12.0 Å². The number of hydrogen-bond donors (Lipinski definition) is 0. The summed E-state index contributed by atoms with van der Waals surface area (Å²) in [5.41, 5.74) is 0.898. The fourth-order valence-electron chi connectivity index (χ4n) is 0.960. The number of hydrogen-bond acceptors (Lipinski definition) is 1. The Hall–Kier alpha value is -1.27. The van der Waals surface area contributed by atoms with Crippen LogP contribution < -0.4 is 0 Å². The molecule has 0 aliphatic rings. The van der Waals surface area contributed by atoms with Crippen LogP contribution in [-0.2, 0) is 0 Å². The molecule has 0 unspecified atom stereocenters. The molecular formula is C10H16ClN3+2. The van der Waals surface area contributed by atoms with Gasteiger partial charge in [0.1, 0.15) is 0 Å². The van der Waals surface area contributed by atoms with Crippen molar-refractivity contribution in [2.75, 3.05) is 13.1 Å². The first-order valence-corrected chi connectivity index (χ1v) is 4.58. The Morgan fingerprint density at radius 1 is 1.07 bits per heavy atom. The van der Waals surface area contributed by atoms with Crippen LogP contribution in [0.2, 0.25) is 0 Å². The van der Waals surface area contributed by atoms with E-state index >= 15 is 0 Å². The first-order valence-electron chi connectivity index (χ1n) is 4.58. The molecule has 1 aromatic rings. The first-order chi connectivity index (χ1) is 6.36. The highest BCUT2D eigenvalue weighted by atomic mass is 35.5. The normalized spacial score (nSPS) is 8.14. The Bertz CT molecular complexity index is 298. The molecule has 0 bridgehead atoms. The van der Waals surface area contributed by atoms with Gasteiger partial charge in [-0.3, -0.25) is 0 Å². The lowest BCUT2D eigenvalue weighted by Crippen LogP contribution is -2.12. The lowest BCUT2D eigenvalue weighted by Gasteiger charge is -1.83. The van der Waals surface area contributed by atoms with Gasteiger partial charge in [-0.25, -0.2) is 0 Å². The van der Waals surface area contributed by atoms with Crippen LogP contribution in [0.1, 0.15) is 13.8 Å². The van der Waals surface area contributed by atoms with Gasteiger partial charge in [-0.15, -0.1) is 12.4 Å². The zero-order valence-corrected chi connectivity index (χ0v) is 9.37. The number of nitrogens with zero attached hydrogens (tertiary/aromatic N) is 3. The minimum atomic E-state index is 0. The highest BCUT2D eigenvalue weighted by Gasteiger charge is 2.15. The lowest BCUT2D eigenvalue weighted by molar-refractivity contribution is 0.412. The quantitative estimate of drug-likeness (QED) is 0.540. The molecule has 1 aromatic carbocycles. The van der Waals surface area contributed by atoms with Crippen LogP contribution in [0.4, 0.5) is 5.69 Å². The highest BCUT2D eigenvalue weighted by molar-refractivity contribution is 5.85. The molecule has 0 spiro atoms. The molecule has 0 radical (unpaired) electrons. The summed E-state index contributed by atoms with van der Waals surface area (Å²) in [5.74, 6) is 0. The Morgan fingerprint density at radius 3 is 2.14 bits per heavy atom. The Kier molecular flexibility index (Phi) is 6.51. The fraction of sp³-hybridized carbons (Fsp3) is 0.400. The number of benzene rings is 1. The molecule has 76 valence electrons. The molecule has 0 atom stereocenters. The largest absolute Gasteiger partial charge is 0.466 e. The second kappa shape index (κ2) is 7.16. The third-order valence-corrected chi connectivity index (χ3v) is 1.77. The van der Waals surface area contributed by atoms with Gasteiger partial charge in [-0.05, 0) is 13.8 Å². The standard InChI is InChI=1S/C10H15N3.ClH/c1-3-13(4-2)12-11-10-8-6-5-7-9-10;/h5-9H,3-4H2,1-2H3;1H/q+2;. The Balaban J connectivity index is 0.00000169. The maximum atomic E-state index is 4.10. The van der Waals surface area contributed by atoms with Crippen molar-refractivity contribution in [2.24, 2.45) is 0 Å². The van der Waals surface area contributed by atoms with Gasteiger partial charge in [-0.2, -0.15) is 0 Å². The van der Waals surface area contributed by atoms with E-state index in [1.54, 1.807) is 0 Å². The Morgan fingerprint density at radius 2 is 1.64 bits per heavy atom. The van der Waals surface area contributed by atoms with E-state index in [-0.39, 0.29) is 12.4 Å². The molecule has 0 N–H and O–H groups in total. The second-order valence-corrected chi connectivity index (χ2v) is 2.66. The van der Waals surface area contributed by atoms with Crippen molar-refractivity contribution in [1.82, 2.24) is 5.01 Å². The third kappa shape index (κ3) is 4.11. The molecule has 4 heteroatoms. The van der Waals surface area contributed by atoms with Crippen LogP contribution >= 0.6 is 12.4 Å². The van der Waals surface area contributed by atoms with Crippen LogP contribution in [0, 0.1) is 0 Å². The van der Waals surface area contributed by atoms with Crippen molar-refractivity contribution in [3.63, 3.8) is 0 Å². The predicted octanol–water partition coefficient (Wildman–Crippen LogP) is 3.66. The van der Waals surface area contributed by atoms with Crippen molar-refractivity contribution in [1.29, 1.82) is 0 Å². The smallest absolute Gasteiger partial charge is 0.147 e. The predicted molar refractivity (Wildman–Crippen MR) is 63.0 cm³/mol. The van der Waals surface area contributed by atoms with Crippen molar-refractivity contribution >= 4 is 18.1 Å². The zero-order valence-electron chi connectivity index (χ0n) is 8.55. The summed E-state index contributed by atoms with van der Waals surface area (Å²) in [5, 5.41) is 6.00. The maximum absolute atomic E-state index is 4.10. The molecule has 1 rings (SSSR count). The molecule has 0 aromatic heterocycles. The summed E-state index contributed by atoms with van der Waals surface area (Å²) in [4.78, 5) is 4.10. The minimum Gasteiger partial charge on any atom is -0.147 e. The molecule has 0 aliphatic heterocycles. The van der Waals surface area contributed by atoms with Gasteiger partial charge in [0.05, 0.1) is 5.01 Å². The Labute approximate surface area is 90.9 Å². The molecular weight excluding hydrogens is 198 g/mol. The summed E-state index contributed by atoms with van der Waals surface area (Å²) in [6, 6.07) is 9.75. The zero-order chi connectivity index (χ0) is 9.52. The molecule has 0 saturated carbocycles. The molecule has 14 heavy (non-hydrogen) atoms. The summed E-state index contributed by atoms with van der Waals surface area (Å²) in [7, 11) is 0. The van der Waals surface area contributed by atoms with Crippen LogP contribution in [-0.4, -0.2) is 18.1 Å². The van der Waals surface area contributed by atoms with E-state index in [1.807, 2.05) is 35.3 Å². The van der Waals surface area contributed by atoms with Crippen molar-refractivity contribution < 1.29 is 0 Å².